The second kappa shape index (κ2) is 8.12. The molecule has 0 saturated heterocycles. The highest BCUT2D eigenvalue weighted by Gasteiger charge is 2.24. The molecular formula is C15H28N2O3. The summed E-state index contributed by atoms with van der Waals surface area (Å²) in [5.74, 6) is 0.595. The summed E-state index contributed by atoms with van der Waals surface area (Å²) in [5.41, 5.74) is 0. The number of carbonyl (C=O) groups is 2. The van der Waals surface area contributed by atoms with Crippen LogP contribution in [0.25, 0.3) is 0 Å². The Labute approximate surface area is 121 Å². The van der Waals surface area contributed by atoms with E-state index in [1.165, 1.54) is 30.6 Å². The van der Waals surface area contributed by atoms with E-state index in [2.05, 4.69) is 12.2 Å². The van der Waals surface area contributed by atoms with Crippen LogP contribution >= 0.6 is 0 Å². The Kier molecular flexibility index (Phi) is 6.82. The minimum atomic E-state index is -0.952. The lowest BCUT2D eigenvalue weighted by molar-refractivity contribution is -0.141. The smallest absolute Gasteiger partial charge is 0.326 e. The van der Waals surface area contributed by atoms with E-state index in [0.717, 1.165) is 12.3 Å². The first-order valence-corrected chi connectivity index (χ1v) is 7.69. The van der Waals surface area contributed by atoms with Gasteiger partial charge in [-0.25, -0.2) is 9.59 Å². The van der Waals surface area contributed by atoms with E-state index in [-0.39, 0.29) is 6.03 Å². The van der Waals surface area contributed by atoms with Crippen molar-refractivity contribution in [1.29, 1.82) is 0 Å². The summed E-state index contributed by atoms with van der Waals surface area (Å²) in [4.78, 5) is 24.2. The van der Waals surface area contributed by atoms with Crippen molar-refractivity contribution in [2.24, 2.45) is 11.8 Å². The van der Waals surface area contributed by atoms with Crippen LogP contribution in [0.5, 0.6) is 0 Å². The highest BCUT2D eigenvalue weighted by Crippen LogP contribution is 2.29. The van der Waals surface area contributed by atoms with Gasteiger partial charge in [-0.3, -0.25) is 0 Å². The number of likely N-dealkylation sites (N-methyl/N-ethyl adjacent to an activating group) is 1. The molecule has 2 amide bonds. The van der Waals surface area contributed by atoms with Gasteiger partial charge >= 0.3 is 12.0 Å². The van der Waals surface area contributed by atoms with Gasteiger partial charge in [-0.15, -0.1) is 0 Å². The van der Waals surface area contributed by atoms with E-state index < -0.39 is 12.0 Å². The lowest BCUT2D eigenvalue weighted by Crippen LogP contribution is -2.47. The van der Waals surface area contributed by atoms with E-state index in [1.807, 2.05) is 0 Å². The number of nitrogens with zero attached hydrogens (tertiary/aromatic N) is 1. The maximum Gasteiger partial charge on any atom is 0.326 e. The van der Waals surface area contributed by atoms with Gasteiger partial charge in [-0.2, -0.15) is 0 Å². The molecule has 1 rings (SSSR count). The number of amides is 2. The molecule has 116 valence electrons. The Bertz CT molecular complexity index is 325. The molecule has 0 bridgehead atoms. The maximum absolute atomic E-state index is 11.9. The van der Waals surface area contributed by atoms with Crippen LogP contribution in [0.2, 0.25) is 0 Å². The van der Waals surface area contributed by atoms with Crippen molar-refractivity contribution in [1.82, 2.24) is 10.2 Å². The molecule has 0 aromatic heterocycles. The molecule has 1 unspecified atom stereocenters. The zero-order valence-electron chi connectivity index (χ0n) is 12.9. The van der Waals surface area contributed by atoms with Crippen LogP contribution in [0.1, 0.15) is 52.4 Å². The molecule has 1 saturated carbocycles. The van der Waals surface area contributed by atoms with Crippen LogP contribution in [0.3, 0.4) is 0 Å². The zero-order chi connectivity index (χ0) is 15.1. The van der Waals surface area contributed by atoms with Gasteiger partial charge in [0.05, 0.1) is 0 Å². The molecule has 5 nitrogen and oxygen atoms in total. The summed E-state index contributed by atoms with van der Waals surface area (Å²) in [5, 5.41) is 11.9. The van der Waals surface area contributed by atoms with Crippen molar-refractivity contribution in [3.8, 4) is 0 Å². The summed E-state index contributed by atoms with van der Waals surface area (Å²) in [6, 6.07) is -1.03. The van der Waals surface area contributed by atoms with E-state index >= 15 is 0 Å². The van der Waals surface area contributed by atoms with Gasteiger partial charge < -0.3 is 15.3 Å². The molecule has 0 aromatic rings. The Hall–Kier alpha value is -1.26. The molecule has 1 aliphatic rings. The monoisotopic (exact) mass is 284 g/mol. The molecule has 1 atom stereocenters. The first-order chi connectivity index (χ1) is 9.45. The number of hydrogen-bond donors (Lipinski definition) is 2. The first-order valence-electron chi connectivity index (χ1n) is 7.69. The fraction of sp³-hybridized carbons (Fsp3) is 0.867. The molecule has 0 heterocycles. The molecule has 0 aromatic carbocycles. The molecule has 0 radical (unpaired) electrons. The molecule has 0 aliphatic heterocycles. The predicted octanol–water partition coefficient (Wildman–Crippen LogP) is 2.71. The van der Waals surface area contributed by atoms with Crippen molar-refractivity contribution in [3.05, 3.63) is 0 Å². The highest BCUT2D eigenvalue weighted by molar-refractivity contribution is 5.82. The Morgan fingerprint density at radius 1 is 1.30 bits per heavy atom. The maximum atomic E-state index is 11.9. The molecule has 1 aliphatic carbocycles. The number of rotatable bonds is 6. The van der Waals surface area contributed by atoms with Crippen LogP contribution in [0.4, 0.5) is 4.79 Å². The largest absolute Gasteiger partial charge is 0.480 e. The molecule has 5 heteroatoms. The van der Waals surface area contributed by atoms with Crippen molar-refractivity contribution < 1.29 is 14.7 Å². The quantitative estimate of drug-likeness (QED) is 0.788. The second-order valence-electron chi connectivity index (χ2n) is 6.02. The average molecular weight is 284 g/mol. The number of hydrogen-bond acceptors (Lipinski definition) is 2. The van der Waals surface area contributed by atoms with Gasteiger partial charge in [-0.1, -0.05) is 39.5 Å². The number of carbonyl (C=O) groups excluding carboxylic acids is 1. The SMILES string of the molecule is CCC(C(=O)O)N(C)C(=O)NCCC1CCC(C)CC1. The van der Waals surface area contributed by atoms with E-state index in [1.54, 1.807) is 14.0 Å². The van der Waals surface area contributed by atoms with Crippen LogP contribution in [0.15, 0.2) is 0 Å². The molecule has 1 fully saturated rings. The molecule has 2 N–H and O–H groups in total. The van der Waals surface area contributed by atoms with Crippen molar-refractivity contribution >= 4 is 12.0 Å². The number of carboxylic acid groups (broad SMARTS) is 1. The zero-order valence-corrected chi connectivity index (χ0v) is 12.9. The minimum absolute atomic E-state index is 0.288. The molecular weight excluding hydrogens is 256 g/mol. The first kappa shape index (κ1) is 16.8. The van der Waals surface area contributed by atoms with E-state index in [9.17, 15) is 9.59 Å². The minimum Gasteiger partial charge on any atom is -0.480 e. The second-order valence-corrected chi connectivity index (χ2v) is 6.02. The lowest BCUT2D eigenvalue weighted by atomic mass is 9.81. The lowest BCUT2D eigenvalue weighted by Gasteiger charge is -2.27. The van der Waals surface area contributed by atoms with Gasteiger partial charge in [0.1, 0.15) is 6.04 Å². The van der Waals surface area contributed by atoms with Gasteiger partial charge in [0, 0.05) is 13.6 Å². The van der Waals surface area contributed by atoms with Gasteiger partial charge in [0.15, 0.2) is 0 Å². The van der Waals surface area contributed by atoms with Crippen LogP contribution < -0.4 is 5.32 Å². The van der Waals surface area contributed by atoms with Crippen molar-refractivity contribution in [2.75, 3.05) is 13.6 Å². The number of aliphatic carboxylic acids is 1. The van der Waals surface area contributed by atoms with Gasteiger partial charge in [0.2, 0.25) is 0 Å². The van der Waals surface area contributed by atoms with E-state index in [0.29, 0.717) is 18.9 Å². The third-order valence-corrected chi connectivity index (χ3v) is 4.42. The molecule has 20 heavy (non-hydrogen) atoms. The Morgan fingerprint density at radius 2 is 1.90 bits per heavy atom. The number of carboxylic acids is 1. The summed E-state index contributed by atoms with van der Waals surface area (Å²) in [7, 11) is 1.54. The van der Waals surface area contributed by atoms with E-state index in [4.69, 9.17) is 5.11 Å². The van der Waals surface area contributed by atoms with Crippen LogP contribution in [-0.4, -0.2) is 41.6 Å². The summed E-state index contributed by atoms with van der Waals surface area (Å²) >= 11 is 0. The normalized spacial score (nSPS) is 23.9. The van der Waals surface area contributed by atoms with Gasteiger partial charge in [-0.05, 0) is 24.7 Å². The topological polar surface area (TPSA) is 69.6 Å². The Balaban J connectivity index is 2.27. The predicted molar refractivity (Wildman–Crippen MR) is 78.6 cm³/mol. The van der Waals surface area contributed by atoms with Crippen molar-refractivity contribution in [2.45, 2.75) is 58.4 Å². The van der Waals surface area contributed by atoms with Crippen molar-refractivity contribution in [3.63, 3.8) is 0 Å². The number of urea groups is 1. The average Bonchev–Trinajstić information content (AvgIpc) is 2.41. The number of nitrogens with one attached hydrogen (secondary N) is 1. The van der Waals surface area contributed by atoms with Gasteiger partial charge in [0.25, 0.3) is 0 Å². The fourth-order valence-corrected chi connectivity index (χ4v) is 2.88. The third kappa shape index (κ3) is 5.02. The standard InChI is InChI=1S/C15H28N2O3/c1-4-13(14(18)19)17(3)15(20)16-10-9-12-7-5-11(2)6-8-12/h11-13H,4-10H2,1-3H3,(H,16,20)(H,18,19). The summed E-state index contributed by atoms with van der Waals surface area (Å²) in [6.45, 7) is 4.70. The third-order valence-electron chi connectivity index (χ3n) is 4.42. The fourth-order valence-electron chi connectivity index (χ4n) is 2.88. The highest BCUT2D eigenvalue weighted by atomic mass is 16.4. The van der Waals surface area contributed by atoms with Crippen LogP contribution in [-0.2, 0) is 4.79 Å². The molecule has 0 spiro atoms. The summed E-state index contributed by atoms with van der Waals surface area (Å²) in [6.07, 6.45) is 6.49. The Morgan fingerprint density at radius 3 is 2.40 bits per heavy atom. The summed E-state index contributed by atoms with van der Waals surface area (Å²) < 4.78 is 0. The van der Waals surface area contributed by atoms with Crippen LogP contribution in [0, 0.1) is 11.8 Å².